The quantitative estimate of drug-likeness (QED) is 0.537. The summed E-state index contributed by atoms with van der Waals surface area (Å²) in [7, 11) is 3.87. The summed E-state index contributed by atoms with van der Waals surface area (Å²) in [6.07, 6.45) is 11.1. The number of hydrogen-bond donors (Lipinski definition) is 0. The van der Waals surface area contributed by atoms with Gasteiger partial charge in [0.1, 0.15) is 5.75 Å². The van der Waals surface area contributed by atoms with Crippen LogP contribution in [0.25, 0.3) is 22.3 Å². The molecule has 7 heteroatoms. The Morgan fingerprint density at radius 3 is 2.70 bits per heavy atom. The Bertz CT molecular complexity index is 992. The smallest absolute Gasteiger partial charge is 0.244 e. The molecule has 0 spiro atoms. The third-order valence-corrected chi connectivity index (χ3v) is 6.75. The van der Waals surface area contributed by atoms with Crippen LogP contribution in [0.2, 0.25) is 0 Å². The van der Waals surface area contributed by atoms with Crippen LogP contribution in [-0.2, 0) is 6.54 Å². The molecule has 1 saturated heterocycles. The Balaban J connectivity index is 0.00000218. The molecule has 0 N–H and O–H groups in total. The molecule has 1 aliphatic carbocycles. The van der Waals surface area contributed by atoms with Crippen molar-refractivity contribution in [1.82, 2.24) is 19.6 Å². The number of benzene rings is 1. The van der Waals surface area contributed by atoms with E-state index in [2.05, 4.69) is 33.9 Å². The molecule has 6 nitrogen and oxygen atoms in total. The third-order valence-electron chi connectivity index (χ3n) is 6.75. The Morgan fingerprint density at radius 1 is 1.13 bits per heavy atom. The maximum Gasteiger partial charge on any atom is 0.244 e. The third kappa shape index (κ3) is 3.83. The highest BCUT2D eigenvalue weighted by Crippen LogP contribution is 2.37. The Hall–Kier alpha value is -2.05. The first-order valence-corrected chi connectivity index (χ1v) is 10.9. The molecule has 0 radical (unpaired) electrons. The summed E-state index contributed by atoms with van der Waals surface area (Å²) in [5.74, 6) is 3.05. The molecular formula is C23H31ClN4O2. The molecule has 0 bridgehead atoms. The highest BCUT2D eigenvalue weighted by atomic mass is 35.5. The van der Waals surface area contributed by atoms with Crippen LogP contribution in [0.3, 0.4) is 0 Å². The number of aromatic nitrogens is 3. The molecule has 0 amide bonds. The van der Waals surface area contributed by atoms with Crippen LogP contribution in [0.1, 0.15) is 56.9 Å². The first-order valence-electron chi connectivity index (χ1n) is 10.9. The number of fused-ring (bicyclic) bond motifs is 1. The Labute approximate surface area is 184 Å². The fraction of sp³-hybridized carbons (Fsp3) is 0.565. The summed E-state index contributed by atoms with van der Waals surface area (Å²) in [4.78, 5) is 7.10. The lowest BCUT2D eigenvalue weighted by molar-refractivity contribution is 0.245. The van der Waals surface area contributed by atoms with Crippen molar-refractivity contribution in [1.29, 1.82) is 0 Å². The minimum absolute atomic E-state index is 0. The lowest BCUT2D eigenvalue weighted by Crippen LogP contribution is -2.17. The van der Waals surface area contributed by atoms with Crippen molar-refractivity contribution in [3.8, 4) is 17.1 Å². The van der Waals surface area contributed by atoms with Crippen molar-refractivity contribution in [2.75, 3.05) is 20.7 Å². The molecule has 3 heterocycles. The molecule has 0 unspecified atom stereocenters. The number of hydrogen-bond acceptors (Lipinski definition) is 5. The van der Waals surface area contributed by atoms with Crippen LogP contribution < -0.4 is 4.74 Å². The van der Waals surface area contributed by atoms with Crippen LogP contribution >= 0.6 is 12.4 Å². The van der Waals surface area contributed by atoms with E-state index in [1.807, 2.05) is 12.1 Å². The number of ether oxygens (including phenoxy) is 1. The fourth-order valence-electron chi connectivity index (χ4n) is 5.16. The first-order chi connectivity index (χ1) is 14.2. The second-order valence-electron chi connectivity index (χ2n) is 8.65. The fourth-order valence-corrected chi connectivity index (χ4v) is 5.16. The number of rotatable bonds is 5. The molecule has 1 aliphatic heterocycles. The second kappa shape index (κ2) is 8.98. The summed E-state index contributed by atoms with van der Waals surface area (Å²) in [5, 5.41) is 5.50. The van der Waals surface area contributed by atoms with Crippen molar-refractivity contribution < 1.29 is 9.26 Å². The van der Waals surface area contributed by atoms with Crippen molar-refractivity contribution in [3.05, 3.63) is 30.3 Å². The van der Waals surface area contributed by atoms with E-state index in [1.54, 1.807) is 7.11 Å². The lowest BCUT2D eigenvalue weighted by atomic mass is 9.89. The van der Waals surface area contributed by atoms with E-state index in [9.17, 15) is 0 Å². The monoisotopic (exact) mass is 430 g/mol. The number of methoxy groups -OCH3 is 1. The molecule has 2 fully saturated rings. The van der Waals surface area contributed by atoms with E-state index in [1.165, 1.54) is 38.5 Å². The molecule has 1 saturated carbocycles. The molecule has 3 aromatic rings. The van der Waals surface area contributed by atoms with Gasteiger partial charge in [0.05, 0.1) is 18.7 Å². The average Bonchev–Trinajstić information content (AvgIpc) is 3.47. The van der Waals surface area contributed by atoms with Crippen LogP contribution in [0.4, 0.5) is 0 Å². The molecule has 162 valence electrons. The zero-order chi connectivity index (χ0) is 19.8. The van der Waals surface area contributed by atoms with E-state index in [0.29, 0.717) is 5.82 Å². The van der Waals surface area contributed by atoms with Crippen molar-refractivity contribution >= 4 is 23.3 Å². The molecule has 1 aromatic carbocycles. The SMILES string of the molecule is COc1cccc2c(-c3noc([C@H]4CCCN4C)n3)cn(CC3CCCCC3)c12.Cl. The number of para-hydroxylation sites is 1. The standard InChI is InChI=1S/C23H30N4O2.ClH/c1-26-13-7-11-19(26)23-24-22(25-29-23)18-15-27(14-16-8-4-3-5-9-16)21-17(18)10-6-12-20(21)28-2;/h6,10,12,15-16,19H,3-5,7-9,11,13-14H2,1-2H3;1H/t19-;/m1./s1. The average molecular weight is 431 g/mol. The van der Waals surface area contributed by atoms with Crippen molar-refractivity contribution in [2.24, 2.45) is 5.92 Å². The van der Waals surface area contributed by atoms with E-state index in [-0.39, 0.29) is 18.4 Å². The number of likely N-dealkylation sites (tertiary alicyclic amines) is 1. The molecule has 2 aliphatic rings. The van der Waals surface area contributed by atoms with Gasteiger partial charge in [-0.2, -0.15) is 4.98 Å². The van der Waals surface area contributed by atoms with E-state index < -0.39 is 0 Å². The zero-order valence-electron chi connectivity index (χ0n) is 17.8. The van der Waals surface area contributed by atoms with Crippen LogP contribution in [0.15, 0.2) is 28.9 Å². The van der Waals surface area contributed by atoms with E-state index in [4.69, 9.17) is 14.2 Å². The van der Waals surface area contributed by atoms with Crippen molar-refractivity contribution in [2.45, 2.75) is 57.5 Å². The Morgan fingerprint density at radius 2 is 1.97 bits per heavy atom. The summed E-state index contributed by atoms with van der Waals surface area (Å²) in [5.41, 5.74) is 2.17. The van der Waals surface area contributed by atoms with Crippen LogP contribution in [0, 0.1) is 5.92 Å². The van der Waals surface area contributed by atoms with Gasteiger partial charge in [-0.3, -0.25) is 4.90 Å². The largest absolute Gasteiger partial charge is 0.495 e. The van der Waals surface area contributed by atoms with Crippen molar-refractivity contribution in [3.63, 3.8) is 0 Å². The van der Waals surface area contributed by atoms with Gasteiger partial charge in [0.15, 0.2) is 0 Å². The lowest BCUT2D eigenvalue weighted by Gasteiger charge is -2.22. The second-order valence-corrected chi connectivity index (χ2v) is 8.65. The molecule has 30 heavy (non-hydrogen) atoms. The van der Waals surface area contributed by atoms with Gasteiger partial charge in [-0.15, -0.1) is 12.4 Å². The van der Waals surface area contributed by atoms with Gasteiger partial charge in [0, 0.05) is 23.7 Å². The van der Waals surface area contributed by atoms with Crippen LogP contribution in [-0.4, -0.2) is 40.3 Å². The number of nitrogens with zero attached hydrogens (tertiary/aromatic N) is 4. The highest BCUT2D eigenvalue weighted by Gasteiger charge is 2.29. The topological polar surface area (TPSA) is 56.3 Å². The summed E-state index contributed by atoms with van der Waals surface area (Å²) in [6.45, 7) is 2.10. The normalized spacial score (nSPS) is 20.5. The van der Waals surface area contributed by atoms with Gasteiger partial charge < -0.3 is 13.8 Å². The maximum atomic E-state index is 5.72. The van der Waals surface area contributed by atoms with E-state index >= 15 is 0 Å². The van der Waals surface area contributed by atoms with Gasteiger partial charge >= 0.3 is 0 Å². The van der Waals surface area contributed by atoms with Gasteiger partial charge in [0.25, 0.3) is 0 Å². The van der Waals surface area contributed by atoms with Gasteiger partial charge in [-0.25, -0.2) is 0 Å². The number of halogens is 1. The Kier molecular flexibility index (Phi) is 6.34. The van der Waals surface area contributed by atoms with Gasteiger partial charge in [-0.05, 0) is 51.3 Å². The maximum absolute atomic E-state index is 5.72. The molecule has 1 atom stereocenters. The van der Waals surface area contributed by atoms with Crippen LogP contribution in [0.5, 0.6) is 5.75 Å². The first kappa shape index (κ1) is 21.2. The summed E-state index contributed by atoms with van der Waals surface area (Å²) in [6, 6.07) is 6.46. The predicted octanol–water partition coefficient (Wildman–Crippen LogP) is 5.47. The molecule has 5 rings (SSSR count). The summed E-state index contributed by atoms with van der Waals surface area (Å²) < 4.78 is 13.8. The molecule has 2 aromatic heterocycles. The summed E-state index contributed by atoms with van der Waals surface area (Å²) >= 11 is 0. The highest BCUT2D eigenvalue weighted by molar-refractivity contribution is 5.97. The van der Waals surface area contributed by atoms with E-state index in [0.717, 1.165) is 53.5 Å². The zero-order valence-corrected chi connectivity index (χ0v) is 18.7. The minimum Gasteiger partial charge on any atom is -0.495 e. The minimum atomic E-state index is 0. The predicted molar refractivity (Wildman–Crippen MR) is 120 cm³/mol. The van der Waals surface area contributed by atoms with Gasteiger partial charge in [-0.1, -0.05) is 36.6 Å². The molecular weight excluding hydrogens is 400 g/mol. The van der Waals surface area contributed by atoms with Gasteiger partial charge in [0.2, 0.25) is 11.7 Å².